The minimum absolute atomic E-state index is 0.370. The molecule has 1 aliphatic rings. The van der Waals surface area contributed by atoms with E-state index in [9.17, 15) is 21.6 Å². The van der Waals surface area contributed by atoms with Gasteiger partial charge in [0.25, 0.3) is 10.0 Å². The Hall–Kier alpha value is -1.69. The molecule has 9 nitrogen and oxygen atoms in total. The van der Waals surface area contributed by atoms with Crippen LogP contribution >= 0.6 is 0 Å². The van der Waals surface area contributed by atoms with E-state index in [1.54, 1.807) is 4.89 Å². The first-order valence-corrected chi connectivity index (χ1v) is 10.1. The van der Waals surface area contributed by atoms with Gasteiger partial charge in [0.1, 0.15) is 4.90 Å². The van der Waals surface area contributed by atoms with E-state index in [0.29, 0.717) is 26.2 Å². The number of carbonyl (C=O) groups is 1. The van der Waals surface area contributed by atoms with Gasteiger partial charge in [-0.1, -0.05) is 12.1 Å². The first kappa shape index (κ1) is 17.7. The first-order valence-electron chi connectivity index (χ1n) is 6.69. The number of hydrogen-bond acceptors (Lipinski definition) is 7. The first-order chi connectivity index (χ1) is 10.7. The predicted octanol–water partition coefficient (Wildman–Crippen LogP) is -0.675. The Labute approximate surface area is 134 Å². The normalized spacial score (nSPS) is 16.1. The summed E-state index contributed by atoms with van der Waals surface area (Å²) in [6, 6.07) is 5.07. The van der Waals surface area contributed by atoms with E-state index in [0.717, 1.165) is 12.3 Å². The van der Waals surface area contributed by atoms with Gasteiger partial charge < -0.3 is 15.1 Å². The third-order valence-electron chi connectivity index (χ3n) is 3.15. The Balaban J connectivity index is 2.15. The fourth-order valence-corrected chi connectivity index (χ4v) is 4.43. The van der Waals surface area contributed by atoms with Crippen LogP contribution in [0.1, 0.15) is 0 Å². The van der Waals surface area contributed by atoms with Gasteiger partial charge in [-0.25, -0.2) is 21.6 Å². The van der Waals surface area contributed by atoms with Crippen LogP contribution in [0.25, 0.3) is 0 Å². The number of hydrogen-bond donors (Lipinski definition) is 2. The molecule has 0 bridgehead atoms. The van der Waals surface area contributed by atoms with Crippen molar-refractivity contribution >= 4 is 26.0 Å². The van der Waals surface area contributed by atoms with E-state index >= 15 is 0 Å². The van der Waals surface area contributed by atoms with Crippen molar-refractivity contribution in [2.45, 2.75) is 9.79 Å². The van der Waals surface area contributed by atoms with E-state index in [1.165, 1.54) is 23.1 Å². The highest BCUT2D eigenvalue weighted by atomic mass is 32.2. The predicted molar refractivity (Wildman–Crippen MR) is 80.8 cm³/mol. The van der Waals surface area contributed by atoms with E-state index < -0.39 is 30.8 Å². The SMILES string of the molecule is CS(=O)(=O)c1ccccc1S(=O)(=O)NOC(=O)N1CCNCC1. The molecular weight excluding hydrogens is 346 g/mol. The molecule has 1 aromatic carbocycles. The van der Waals surface area contributed by atoms with Crippen LogP contribution in [0.5, 0.6) is 0 Å². The molecule has 11 heteroatoms. The highest BCUT2D eigenvalue weighted by Crippen LogP contribution is 2.20. The van der Waals surface area contributed by atoms with Crippen LogP contribution in [-0.2, 0) is 24.7 Å². The highest BCUT2D eigenvalue weighted by molar-refractivity contribution is 7.93. The van der Waals surface area contributed by atoms with Crippen LogP contribution in [0.2, 0.25) is 0 Å². The van der Waals surface area contributed by atoms with Gasteiger partial charge in [-0.05, 0) is 17.0 Å². The standard InChI is InChI=1S/C12H17N3O6S2/c1-22(17,18)10-4-2-3-5-11(10)23(19,20)14-21-12(16)15-8-6-13-7-9-15/h2-5,13-14H,6-9H2,1H3. The Morgan fingerprint density at radius 2 is 1.70 bits per heavy atom. The van der Waals surface area contributed by atoms with E-state index in [1.807, 2.05) is 0 Å². The number of rotatable bonds is 4. The molecule has 0 saturated carbocycles. The minimum atomic E-state index is -4.32. The Bertz CT molecular complexity index is 785. The zero-order chi connectivity index (χ0) is 17.1. The summed E-state index contributed by atoms with van der Waals surface area (Å²) in [5.74, 6) is 0. The summed E-state index contributed by atoms with van der Waals surface area (Å²) < 4.78 is 47.7. The van der Waals surface area contributed by atoms with Crippen molar-refractivity contribution in [3.05, 3.63) is 24.3 Å². The maximum atomic E-state index is 12.2. The van der Waals surface area contributed by atoms with Gasteiger partial charge in [0, 0.05) is 32.4 Å². The molecule has 0 spiro atoms. The number of piperazine rings is 1. The van der Waals surface area contributed by atoms with E-state index in [4.69, 9.17) is 0 Å². The Kier molecular flexibility index (Phi) is 5.24. The molecule has 1 saturated heterocycles. The molecule has 1 amide bonds. The number of sulfonamides is 1. The lowest BCUT2D eigenvalue weighted by atomic mass is 10.4. The molecule has 0 aliphatic carbocycles. The molecule has 2 rings (SSSR count). The van der Waals surface area contributed by atoms with Crippen molar-refractivity contribution in [2.75, 3.05) is 32.4 Å². The zero-order valence-electron chi connectivity index (χ0n) is 12.4. The van der Waals surface area contributed by atoms with Crippen molar-refractivity contribution in [3.8, 4) is 0 Å². The number of nitrogens with one attached hydrogen (secondary N) is 2. The monoisotopic (exact) mass is 363 g/mol. The topological polar surface area (TPSA) is 122 Å². The highest BCUT2D eigenvalue weighted by Gasteiger charge is 2.26. The quantitative estimate of drug-likeness (QED) is 0.680. The molecule has 0 unspecified atom stereocenters. The summed E-state index contributed by atoms with van der Waals surface area (Å²) >= 11 is 0. The van der Waals surface area contributed by atoms with Crippen LogP contribution in [0.4, 0.5) is 4.79 Å². The molecule has 1 heterocycles. The molecule has 0 atom stereocenters. The van der Waals surface area contributed by atoms with Gasteiger partial charge >= 0.3 is 6.09 Å². The summed E-state index contributed by atoms with van der Waals surface area (Å²) in [5, 5.41) is 3.04. The third kappa shape index (κ3) is 4.41. The average Bonchev–Trinajstić information content (AvgIpc) is 2.53. The second-order valence-electron chi connectivity index (χ2n) is 4.91. The summed E-state index contributed by atoms with van der Waals surface area (Å²) in [7, 11) is -8.08. The summed E-state index contributed by atoms with van der Waals surface area (Å²) in [4.78, 5) is 18.6. The fraction of sp³-hybridized carbons (Fsp3) is 0.417. The second kappa shape index (κ2) is 6.83. The van der Waals surface area contributed by atoms with Gasteiger partial charge in [0.05, 0.1) is 4.90 Å². The fourth-order valence-electron chi connectivity index (χ4n) is 2.03. The van der Waals surface area contributed by atoms with Crippen LogP contribution < -0.4 is 10.2 Å². The van der Waals surface area contributed by atoms with Crippen LogP contribution in [0.15, 0.2) is 34.1 Å². The molecule has 1 fully saturated rings. The van der Waals surface area contributed by atoms with Crippen molar-refractivity contribution in [2.24, 2.45) is 0 Å². The zero-order valence-corrected chi connectivity index (χ0v) is 14.0. The lowest BCUT2D eigenvalue weighted by molar-refractivity contribution is 0.0796. The van der Waals surface area contributed by atoms with Gasteiger partial charge in [-0.3, -0.25) is 0 Å². The van der Waals surface area contributed by atoms with E-state index in [-0.39, 0.29) is 4.90 Å². The van der Waals surface area contributed by atoms with Gasteiger partial charge in [-0.2, -0.15) is 0 Å². The van der Waals surface area contributed by atoms with Crippen molar-refractivity contribution in [1.82, 2.24) is 15.1 Å². The maximum Gasteiger partial charge on any atom is 0.429 e. The van der Waals surface area contributed by atoms with Crippen LogP contribution in [0.3, 0.4) is 0 Å². The molecule has 2 N–H and O–H groups in total. The Morgan fingerprint density at radius 3 is 2.26 bits per heavy atom. The van der Waals surface area contributed by atoms with Crippen molar-refractivity contribution < 1.29 is 26.5 Å². The number of carbonyl (C=O) groups excluding carboxylic acids is 1. The molecule has 0 radical (unpaired) electrons. The molecule has 1 aliphatic heterocycles. The Morgan fingerprint density at radius 1 is 1.13 bits per heavy atom. The summed E-state index contributed by atoms with van der Waals surface area (Å²) in [6.07, 6.45) is 0.0561. The smallest absolute Gasteiger partial charge is 0.338 e. The average molecular weight is 363 g/mol. The summed E-state index contributed by atoms with van der Waals surface area (Å²) in [5.41, 5.74) is 0. The van der Waals surface area contributed by atoms with Crippen molar-refractivity contribution in [3.63, 3.8) is 0 Å². The van der Waals surface area contributed by atoms with E-state index in [2.05, 4.69) is 10.2 Å². The second-order valence-corrected chi connectivity index (χ2v) is 8.51. The largest absolute Gasteiger partial charge is 0.429 e. The number of amides is 1. The molecule has 128 valence electrons. The van der Waals surface area contributed by atoms with Crippen molar-refractivity contribution in [1.29, 1.82) is 0 Å². The number of nitrogens with zero attached hydrogens (tertiary/aromatic N) is 1. The van der Waals surface area contributed by atoms with Crippen LogP contribution in [-0.4, -0.2) is 60.3 Å². The molecule has 0 aromatic heterocycles. The number of sulfone groups is 1. The maximum absolute atomic E-state index is 12.2. The lowest BCUT2D eigenvalue weighted by Gasteiger charge is -2.26. The van der Waals surface area contributed by atoms with Crippen LogP contribution in [0, 0.1) is 0 Å². The lowest BCUT2D eigenvalue weighted by Crippen LogP contribution is -2.48. The molecule has 23 heavy (non-hydrogen) atoms. The van der Waals surface area contributed by atoms with Gasteiger partial charge in [0.15, 0.2) is 9.84 Å². The minimum Gasteiger partial charge on any atom is -0.338 e. The van der Waals surface area contributed by atoms with Gasteiger partial charge in [0.2, 0.25) is 0 Å². The third-order valence-corrected chi connectivity index (χ3v) is 5.67. The summed E-state index contributed by atoms with van der Waals surface area (Å²) in [6.45, 7) is 1.94. The molecular formula is C12H17N3O6S2. The number of benzene rings is 1. The van der Waals surface area contributed by atoms with Gasteiger partial charge in [-0.15, -0.1) is 0 Å². The molecule has 1 aromatic rings.